The Morgan fingerprint density at radius 2 is 2.25 bits per heavy atom. The predicted octanol–water partition coefficient (Wildman–Crippen LogP) is 1.74. The summed E-state index contributed by atoms with van der Waals surface area (Å²) in [7, 11) is 0. The van der Waals surface area contributed by atoms with Crippen molar-refractivity contribution in [2.24, 2.45) is 5.92 Å². The van der Waals surface area contributed by atoms with Crippen molar-refractivity contribution in [3.63, 3.8) is 0 Å². The van der Waals surface area contributed by atoms with Crippen molar-refractivity contribution >= 4 is 5.97 Å². The maximum atomic E-state index is 10.9. The van der Waals surface area contributed by atoms with Crippen LogP contribution in [0, 0.1) is 5.92 Å². The topological polar surface area (TPSA) is 82.5 Å². The van der Waals surface area contributed by atoms with Crippen molar-refractivity contribution in [3.8, 4) is 0 Å². The molecule has 20 heavy (non-hydrogen) atoms. The summed E-state index contributed by atoms with van der Waals surface area (Å²) in [5.41, 5.74) is 0.290. The minimum atomic E-state index is -0.789. The number of aliphatic hydroxyl groups is 1. The van der Waals surface area contributed by atoms with Crippen LogP contribution in [0.5, 0.6) is 0 Å². The zero-order chi connectivity index (χ0) is 14.6. The Labute approximate surface area is 119 Å². The summed E-state index contributed by atoms with van der Waals surface area (Å²) in [5.74, 6) is -1.05. The number of rotatable bonds is 5. The molecule has 3 N–H and O–H groups in total. The fraction of sp³-hybridized carbons (Fsp3) is 0.600. The first-order valence-electron chi connectivity index (χ1n) is 7.09. The molecule has 2 rings (SSSR count). The van der Waals surface area contributed by atoms with Gasteiger partial charge in [0.1, 0.15) is 0 Å². The van der Waals surface area contributed by atoms with Gasteiger partial charge >= 0.3 is 5.97 Å². The maximum absolute atomic E-state index is 10.9. The van der Waals surface area contributed by atoms with Crippen LogP contribution in [-0.2, 0) is 4.79 Å². The summed E-state index contributed by atoms with van der Waals surface area (Å²) < 4.78 is 0. The van der Waals surface area contributed by atoms with Crippen molar-refractivity contribution in [1.82, 2.24) is 10.3 Å². The summed E-state index contributed by atoms with van der Waals surface area (Å²) in [6, 6.07) is 4.00. The molecule has 1 aromatic heterocycles. The lowest BCUT2D eigenvalue weighted by Crippen LogP contribution is -2.45. The molecule has 1 aliphatic rings. The Hall–Kier alpha value is -1.46. The van der Waals surface area contributed by atoms with E-state index < -0.39 is 11.6 Å². The van der Waals surface area contributed by atoms with Crippen LogP contribution in [0.25, 0.3) is 0 Å². The van der Waals surface area contributed by atoms with Gasteiger partial charge in [0.15, 0.2) is 0 Å². The molecule has 5 heteroatoms. The number of carboxylic acid groups (broad SMARTS) is 1. The van der Waals surface area contributed by atoms with E-state index in [1.165, 1.54) is 0 Å². The Kier molecular flexibility index (Phi) is 4.73. The summed E-state index contributed by atoms with van der Waals surface area (Å²) in [5, 5.41) is 22.8. The predicted molar refractivity (Wildman–Crippen MR) is 75.2 cm³/mol. The number of carboxylic acids is 1. The molecule has 0 saturated heterocycles. The monoisotopic (exact) mass is 278 g/mol. The second-order valence-electron chi connectivity index (χ2n) is 5.73. The van der Waals surface area contributed by atoms with Gasteiger partial charge in [0, 0.05) is 25.0 Å². The van der Waals surface area contributed by atoms with Crippen LogP contribution >= 0.6 is 0 Å². The molecule has 0 unspecified atom stereocenters. The molecule has 1 atom stereocenters. The zero-order valence-electron chi connectivity index (χ0n) is 11.7. The van der Waals surface area contributed by atoms with Crippen LogP contribution in [0.2, 0.25) is 0 Å². The number of nitrogens with zero attached hydrogens (tertiary/aromatic N) is 1. The third-order valence-electron chi connectivity index (χ3n) is 4.19. The first-order chi connectivity index (χ1) is 9.50. The first-order valence-corrected chi connectivity index (χ1v) is 7.09. The van der Waals surface area contributed by atoms with E-state index in [2.05, 4.69) is 10.3 Å². The quantitative estimate of drug-likeness (QED) is 0.764. The summed E-state index contributed by atoms with van der Waals surface area (Å²) >= 11 is 0. The van der Waals surface area contributed by atoms with Gasteiger partial charge in [-0.15, -0.1) is 0 Å². The lowest BCUT2D eigenvalue weighted by Gasteiger charge is -2.35. The first kappa shape index (κ1) is 14.9. The van der Waals surface area contributed by atoms with Crippen molar-refractivity contribution in [1.29, 1.82) is 0 Å². The second kappa shape index (κ2) is 6.33. The van der Waals surface area contributed by atoms with Gasteiger partial charge in [-0.3, -0.25) is 9.78 Å². The molecule has 0 aliphatic heterocycles. The third kappa shape index (κ3) is 3.77. The van der Waals surface area contributed by atoms with Gasteiger partial charge in [0.05, 0.1) is 11.5 Å². The van der Waals surface area contributed by atoms with Crippen molar-refractivity contribution in [2.75, 3.05) is 6.54 Å². The molecular formula is C15H22N2O3. The SMILES string of the molecule is C[C@@H](NCC1(O)CCC(C(=O)O)CC1)c1cccnc1. The molecule has 0 bridgehead atoms. The van der Waals surface area contributed by atoms with E-state index in [9.17, 15) is 9.90 Å². The molecule has 110 valence electrons. The third-order valence-corrected chi connectivity index (χ3v) is 4.19. The number of aromatic nitrogens is 1. The summed E-state index contributed by atoms with van der Waals surface area (Å²) in [6.45, 7) is 2.51. The van der Waals surface area contributed by atoms with Crippen molar-refractivity contribution in [2.45, 2.75) is 44.2 Å². The lowest BCUT2D eigenvalue weighted by molar-refractivity contribution is -0.144. The fourth-order valence-corrected chi connectivity index (χ4v) is 2.67. The molecule has 1 saturated carbocycles. The number of nitrogens with one attached hydrogen (secondary N) is 1. The molecule has 0 spiro atoms. The van der Waals surface area contributed by atoms with Gasteiger partial charge in [0.25, 0.3) is 0 Å². The zero-order valence-corrected chi connectivity index (χ0v) is 11.7. The summed E-state index contributed by atoms with van der Waals surface area (Å²) in [6.07, 6.45) is 5.72. The van der Waals surface area contributed by atoms with Gasteiger partial charge in [-0.1, -0.05) is 6.07 Å². The maximum Gasteiger partial charge on any atom is 0.306 e. The van der Waals surface area contributed by atoms with Crippen LogP contribution < -0.4 is 5.32 Å². The van der Waals surface area contributed by atoms with Crippen LogP contribution in [0.3, 0.4) is 0 Å². The molecule has 0 aromatic carbocycles. The van der Waals surface area contributed by atoms with E-state index in [0.717, 1.165) is 5.56 Å². The highest BCUT2D eigenvalue weighted by Crippen LogP contribution is 2.32. The molecule has 1 aromatic rings. The highest BCUT2D eigenvalue weighted by atomic mass is 16.4. The van der Waals surface area contributed by atoms with Crippen LogP contribution in [0.1, 0.15) is 44.2 Å². The number of pyridine rings is 1. The molecule has 0 amide bonds. The highest BCUT2D eigenvalue weighted by molar-refractivity contribution is 5.70. The van der Waals surface area contributed by atoms with Crippen LogP contribution in [0.4, 0.5) is 0 Å². The second-order valence-corrected chi connectivity index (χ2v) is 5.73. The van der Waals surface area contributed by atoms with Crippen LogP contribution in [0.15, 0.2) is 24.5 Å². The van der Waals surface area contributed by atoms with E-state index in [-0.39, 0.29) is 12.0 Å². The Bertz CT molecular complexity index is 442. The van der Waals surface area contributed by atoms with E-state index in [4.69, 9.17) is 5.11 Å². The standard InChI is InChI=1S/C15H22N2O3/c1-11(13-3-2-8-16-9-13)17-10-15(20)6-4-12(5-7-15)14(18)19/h2-3,8-9,11-12,17,20H,4-7,10H2,1H3,(H,18,19)/t11-,12?,15?/m1/s1. The highest BCUT2D eigenvalue weighted by Gasteiger charge is 2.35. The Balaban J connectivity index is 1.83. The molecule has 0 radical (unpaired) electrons. The van der Waals surface area contributed by atoms with E-state index in [0.29, 0.717) is 32.2 Å². The lowest BCUT2D eigenvalue weighted by atomic mass is 9.78. The smallest absolute Gasteiger partial charge is 0.306 e. The van der Waals surface area contributed by atoms with Gasteiger partial charge in [0.2, 0.25) is 0 Å². The molecule has 5 nitrogen and oxygen atoms in total. The van der Waals surface area contributed by atoms with E-state index in [1.54, 1.807) is 6.20 Å². The van der Waals surface area contributed by atoms with Gasteiger partial charge < -0.3 is 15.5 Å². The largest absolute Gasteiger partial charge is 0.481 e. The van der Waals surface area contributed by atoms with Crippen molar-refractivity contribution < 1.29 is 15.0 Å². The molecular weight excluding hydrogens is 256 g/mol. The van der Waals surface area contributed by atoms with Gasteiger partial charge in [-0.05, 0) is 44.2 Å². The number of hydrogen-bond donors (Lipinski definition) is 3. The van der Waals surface area contributed by atoms with Gasteiger partial charge in [-0.2, -0.15) is 0 Å². The average molecular weight is 278 g/mol. The molecule has 1 aliphatic carbocycles. The fourth-order valence-electron chi connectivity index (χ4n) is 2.67. The minimum absolute atomic E-state index is 0.116. The normalized spacial score (nSPS) is 28.0. The van der Waals surface area contributed by atoms with Crippen molar-refractivity contribution in [3.05, 3.63) is 30.1 Å². The van der Waals surface area contributed by atoms with Crippen LogP contribution in [-0.4, -0.2) is 33.3 Å². The minimum Gasteiger partial charge on any atom is -0.481 e. The summed E-state index contributed by atoms with van der Waals surface area (Å²) in [4.78, 5) is 15.0. The van der Waals surface area contributed by atoms with E-state index in [1.807, 2.05) is 25.3 Å². The Morgan fingerprint density at radius 1 is 1.55 bits per heavy atom. The number of aliphatic carboxylic acids is 1. The van der Waals surface area contributed by atoms with Gasteiger partial charge in [-0.25, -0.2) is 0 Å². The molecule has 1 fully saturated rings. The average Bonchev–Trinajstić information content (AvgIpc) is 2.46. The number of hydrogen-bond acceptors (Lipinski definition) is 4. The Morgan fingerprint density at radius 3 is 2.80 bits per heavy atom. The number of carbonyl (C=O) groups is 1. The van der Waals surface area contributed by atoms with E-state index >= 15 is 0 Å². The molecule has 1 heterocycles.